The molecule has 0 heterocycles. The van der Waals surface area contributed by atoms with Gasteiger partial charge in [0, 0.05) is 13.1 Å². The summed E-state index contributed by atoms with van der Waals surface area (Å²) < 4.78 is 5.25. The van der Waals surface area contributed by atoms with Gasteiger partial charge in [-0.2, -0.15) is 0 Å². The highest BCUT2D eigenvalue weighted by Gasteiger charge is 2.36. The number of hydrogen-bond donors (Lipinski definition) is 1. The Morgan fingerprint density at radius 2 is 2.12 bits per heavy atom. The third kappa shape index (κ3) is 2.76. The molecule has 0 aliphatic heterocycles. The topological polar surface area (TPSA) is 21.3 Å². The second kappa shape index (κ2) is 4.46. The monoisotopic (exact) mass is 219 g/mol. The SMILES string of the molecule is COc1ccc(CNCC2(C)CC2)cc1C. The minimum atomic E-state index is 0.585. The molecule has 0 bridgehead atoms. The van der Waals surface area contributed by atoms with E-state index in [2.05, 4.69) is 31.3 Å². The Balaban J connectivity index is 1.87. The molecule has 2 nitrogen and oxygen atoms in total. The average molecular weight is 219 g/mol. The molecule has 2 rings (SSSR count). The fourth-order valence-electron chi connectivity index (χ4n) is 1.95. The van der Waals surface area contributed by atoms with Gasteiger partial charge >= 0.3 is 0 Å². The van der Waals surface area contributed by atoms with Gasteiger partial charge in [-0.1, -0.05) is 19.1 Å². The molecule has 1 aromatic carbocycles. The molecule has 0 radical (unpaired) electrons. The second-order valence-corrected chi connectivity index (χ2v) is 5.22. The zero-order valence-corrected chi connectivity index (χ0v) is 10.5. The molecule has 0 aromatic heterocycles. The van der Waals surface area contributed by atoms with Crippen LogP contribution in [-0.2, 0) is 6.54 Å². The van der Waals surface area contributed by atoms with E-state index >= 15 is 0 Å². The zero-order chi connectivity index (χ0) is 11.6. The molecule has 2 heteroatoms. The van der Waals surface area contributed by atoms with Gasteiger partial charge in [0.15, 0.2) is 0 Å². The van der Waals surface area contributed by atoms with Crippen molar-refractivity contribution in [1.82, 2.24) is 5.32 Å². The summed E-state index contributed by atoms with van der Waals surface area (Å²) in [6, 6.07) is 6.38. The predicted molar refractivity (Wildman–Crippen MR) is 66.8 cm³/mol. The van der Waals surface area contributed by atoms with Crippen molar-refractivity contribution in [2.24, 2.45) is 5.41 Å². The quantitative estimate of drug-likeness (QED) is 0.822. The number of hydrogen-bond acceptors (Lipinski definition) is 2. The van der Waals surface area contributed by atoms with Crippen molar-refractivity contribution in [2.45, 2.75) is 33.2 Å². The van der Waals surface area contributed by atoms with Crippen molar-refractivity contribution >= 4 is 0 Å². The number of benzene rings is 1. The van der Waals surface area contributed by atoms with Crippen molar-refractivity contribution in [1.29, 1.82) is 0 Å². The van der Waals surface area contributed by atoms with Crippen LogP contribution in [0.15, 0.2) is 18.2 Å². The molecule has 0 saturated heterocycles. The summed E-state index contributed by atoms with van der Waals surface area (Å²) in [6.45, 7) is 6.53. The minimum absolute atomic E-state index is 0.585. The van der Waals surface area contributed by atoms with Gasteiger partial charge in [0.1, 0.15) is 5.75 Å². The molecule has 1 fully saturated rings. The van der Waals surface area contributed by atoms with Crippen molar-refractivity contribution in [3.63, 3.8) is 0 Å². The highest BCUT2D eigenvalue weighted by Crippen LogP contribution is 2.44. The van der Waals surface area contributed by atoms with E-state index in [0.29, 0.717) is 5.41 Å². The lowest BCUT2D eigenvalue weighted by atomic mass is 10.1. The van der Waals surface area contributed by atoms with Crippen LogP contribution in [0.25, 0.3) is 0 Å². The smallest absolute Gasteiger partial charge is 0.121 e. The maximum absolute atomic E-state index is 5.25. The van der Waals surface area contributed by atoms with Gasteiger partial charge in [0.25, 0.3) is 0 Å². The van der Waals surface area contributed by atoms with Gasteiger partial charge in [-0.25, -0.2) is 0 Å². The number of rotatable bonds is 5. The van der Waals surface area contributed by atoms with E-state index in [4.69, 9.17) is 4.74 Å². The van der Waals surface area contributed by atoms with Crippen LogP contribution in [0.2, 0.25) is 0 Å². The van der Waals surface area contributed by atoms with Crippen LogP contribution in [0, 0.1) is 12.3 Å². The average Bonchev–Trinajstić information content (AvgIpc) is 2.97. The molecule has 1 aliphatic rings. The summed E-state index contributed by atoms with van der Waals surface area (Å²) in [5, 5.41) is 3.53. The van der Waals surface area contributed by atoms with Crippen LogP contribution in [0.1, 0.15) is 30.9 Å². The zero-order valence-electron chi connectivity index (χ0n) is 10.5. The van der Waals surface area contributed by atoms with Crippen LogP contribution >= 0.6 is 0 Å². The first kappa shape index (κ1) is 11.5. The number of methoxy groups -OCH3 is 1. The summed E-state index contributed by atoms with van der Waals surface area (Å²) in [4.78, 5) is 0. The normalized spacial score (nSPS) is 17.2. The molecule has 1 N–H and O–H groups in total. The summed E-state index contributed by atoms with van der Waals surface area (Å²) in [5.74, 6) is 0.970. The highest BCUT2D eigenvalue weighted by atomic mass is 16.5. The van der Waals surface area contributed by atoms with Crippen LogP contribution in [-0.4, -0.2) is 13.7 Å². The van der Waals surface area contributed by atoms with Gasteiger partial charge in [0.2, 0.25) is 0 Å². The first-order valence-electron chi connectivity index (χ1n) is 5.97. The van der Waals surface area contributed by atoms with Gasteiger partial charge in [0.05, 0.1) is 7.11 Å². The molecule has 0 amide bonds. The van der Waals surface area contributed by atoms with Gasteiger partial charge in [-0.15, -0.1) is 0 Å². The Morgan fingerprint density at radius 3 is 2.69 bits per heavy atom. The summed E-state index contributed by atoms with van der Waals surface area (Å²) in [5.41, 5.74) is 3.13. The fraction of sp³-hybridized carbons (Fsp3) is 0.571. The standard InChI is InChI=1S/C14H21NO/c1-11-8-12(4-5-13(11)16-3)9-15-10-14(2)6-7-14/h4-5,8,15H,6-7,9-10H2,1-3H3. The number of aryl methyl sites for hydroxylation is 1. The Labute approximate surface area is 98.0 Å². The van der Waals surface area contributed by atoms with Gasteiger partial charge in [-0.3, -0.25) is 0 Å². The van der Waals surface area contributed by atoms with E-state index in [-0.39, 0.29) is 0 Å². The maximum atomic E-state index is 5.25. The van der Waals surface area contributed by atoms with Crippen LogP contribution in [0.3, 0.4) is 0 Å². The fourth-order valence-corrected chi connectivity index (χ4v) is 1.95. The number of nitrogens with one attached hydrogen (secondary N) is 1. The molecule has 16 heavy (non-hydrogen) atoms. The van der Waals surface area contributed by atoms with Crippen LogP contribution < -0.4 is 10.1 Å². The first-order chi connectivity index (χ1) is 7.63. The molecule has 1 saturated carbocycles. The Kier molecular flexibility index (Phi) is 3.20. The lowest BCUT2D eigenvalue weighted by Crippen LogP contribution is -2.21. The largest absolute Gasteiger partial charge is 0.496 e. The maximum Gasteiger partial charge on any atom is 0.121 e. The summed E-state index contributed by atoms with van der Waals surface area (Å²) in [6.07, 6.45) is 2.75. The molecule has 0 atom stereocenters. The highest BCUT2D eigenvalue weighted by molar-refractivity contribution is 5.36. The third-order valence-corrected chi connectivity index (χ3v) is 3.44. The van der Waals surface area contributed by atoms with Gasteiger partial charge in [-0.05, 0) is 42.4 Å². The van der Waals surface area contributed by atoms with E-state index in [1.165, 1.54) is 24.0 Å². The van der Waals surface area contributed by atoms with Gasteiger partial charge < -0.3 is 10.1 Å². The molecule has 1 aliphatic carbocycles. The number of ether oxygens (including phenoxy) is 1. The lowest BCUT2D eigenvalue weighted by molar-refractivity contribution is 0.411. The summed E-state index contributed by atoms with van der Waals surface area (Å²) in [7, 11) is 1.72. The minimum Gasteiger partial charge on any atom is -0.496 e. The lowest BCUT2D eigenvalue weighted by Gasteiger charge is -2.11. The third-order valence-electron chi connectivity index (χ3n) is 3.44. The molecular weight excluding hydrogens is 198 g/mol. The van der Waals surface area contributed by atoms with Crippen molar-refractivity contribution in [2.75, 3.05) is 13.7 Å². The van der Waals surface area contributed by atoms with E-state index in [0.717, 1.165) is 18.8 Å². The predicted octanol–water partition coefficient (Wildman–Crippen LogP) is 2.89. The first-order valence-corrected chi connectivity index (χ1v) is 5.97. The van der Waals surface area contributed by atoms with E-state index < -0.39 is 0 Å². The Bertz CT molecular complexity index is 369. The molecular formula is C14H21NO. The van der Waals surface area contributed by atoms with E-state index in [1.807, 2.05) is 6.07 Å². The Morgan fingerprint density at radius 1 is 1.38 bits per heavy atom. The van der Waals surface area contributed by atoms with Crippen molar-refractivity contribution in [3.8, 4) is 5.75 Å². The summed E-state index contributed by atoms with van der Waals surface area (Å²) >= 11 is 0. The van der Waals surface area contributed by atoms with E-state index in [1.54, 1.807) is 7.11 Å². The molecule has 88 valence electrons. The second-order valence-electron chi connectivity index (χ2n) is 5.22. The van der Waals surface area contributed by atoms with Crippen molar-refractivity contribution < 1.29 is 4.74 Å². The van der Waals surface area contributed by atoms with Crippen LogP contribution in [0.4, 0.5) is 0 Å². The molecule has 0 unspecified atom stereocenters. The molecule has 1 aromatic rings. The molecule has 0 spiro atoms. The van der Waals surface area contributed by atoms with Crippen LogP contribution in [0.5, 0.6) is 5.75 Å². The van der Waals surface area contributed by atoms with E-state index in [9.17, 15) is 0 Å². The Hall–Kier alpha value is -1.02. The van der Waals surface area contributed by atoms with Crippen molar-refractivity contribution in [3.05, 3.63) is 29.3 Å².